The molecule has 5 nitrogen and oxygen atoms in total. The minimum absolute atomic E-state index is 0.164. The first-order valence-corrected chi connectivity index (χ1v) is 10.3. The Labute approximate surface area is 175 Å². The fourth-order valence-corrected chi connectivity index (χ4v) is 3.64. The molecule has 1 aromatic heterocycles. The number of nitrogens with one attached hydrogen (secondary N) is 2. The molecule has 2 aromatic carbocycles. The maximum Gasteiger partial charge on any atom is 0.226 e. The Morgan fingerprint density at radius 1 is 1.04 bits per heavy atom. The van der Waals surface area contributed by atoms with Gasteiger partial charge in [-0.3, -0.25) is 9.59 Å². The van der Waals surface area contributed by atoms with E-state index in [0.29, 0.717) is 11.4 Å². The summed E-state index contributed by atoms with van der Waals surface area (Å²) < 4.78 is 6.76. The van der Waals surface area contributed by atoms with Gasteiger partial charge in [-0.1, -0.05) is 22.0 Å². The van der Waals surface area contributed by atoms with Gasteiger partial charge in [-0.25, -0.2) is 0 Å². The molecule has 144 valence electrons. The van der Waals surface area contributed by atoms with Crippen molar-refractivity contribution in [1.82, 2.24) is 5.32 Å². The summed E-state index contributed by atoms with van der Waals surface area (Å²) in [4.78, 5) is 24.8. The molecule has 0 radical (unpaired) electrons. The summed E-state index contributed by atoms with van der Waals surface area (Å²) in [6, 6.07) is 18.2. The van der Waals surface area contributed by atoms with Crippen LogP contribution in [0, 0.1) is 0 Å². The van der Waals surface area contributed by atoms with E-state index in [4.69, 9.17) is 4.74 Å². The Morgan fingerprint density at radius 2 is 1.68 bits per heavy atom. The molecule has 0 aliphatic carbocycles. The fraction of sp³-hybridized carbons (Fsp3) is 0.143. The van der Waals surface area contributed by atoms with Crippen LogP contribution in [-0.4, -0.2) is 11.8 Å². The smallest absolute Gasteiger partial charge is 0.226 e. The molecule has 3 rings (SSSR count). The number of hydrogen-bond donors (Lipinski definition) is 2. The highest BCUT2D eigenvalue weighted by atomic mass is 79.9. The molecule has 7 heteroatoms. The van der Waals surface area contributed by atoms with Gasteiger partial charge in [0.1, 0.15) is 11.5 Å². The van der Waals surface area contributed by atoms with Gasteiger partial charge in [0.05, 0.1) is 12.5 Å². The third kappa shape index (κ3) is 5.94. The maximum atomic E-state index is 12.4. The molecule has 0 saturated carbocycles. The van der Waals surface area contributed by atoms with Crippen molar-refractivity contribution < 1.29 is 14.3 Å². The second-order valence-corrected chi connectivity index (χ2v) is 8.00. The average Bonchev–Trinajstić information content (AvgIpc) is 3.19. The number of halogens is 1. The first kappa shape index (κ1) is 20.1. The van der Waals surface area contributed by atoms with E-state index < -0.39 is 0 Å². The van der Waals surface area contributed by atoms with E-state index in [-0.39, 0.29) is 24.3 Å². The number of rotatable bonds is 7. The molecular weight excluding hydrogens is 440 g/mol. The van der Waals surface area contributed by atoms with Crippen LogP contribution >= 0.6 is 27.3 Å². The normalized spacial score (nSPS) is 11.5. The van der Waals surface area contributed by atoms with E-state index in [0.717, 1.165) is 15.1 Å². The van der Waals surface area contributed by atoms with Crippen molar-refractivity contribution in [1.29, 1.82) is 0 Å². The first-order valence-electron chi connectivity index (χ1n) is 8.63. The van der Waals surface area contributed by atoms with Crippen LogP contribution in [0.4, 0.5) is 5.69 Å². The second kappa shape index (κ2) is 9.52. The molecule has 2 N–H and O–H groups in total. The van der Waals surface area contributed by atoms with Gasteiger partial charge in [0.25, 0.3) is 0 Å². The topological polar surface area (TPSA) is 67.4 Å². The van der Waals surface area contributed by atoms with Crippen LogP contribution < -0.4 is 15.4 Å². The predicted octanol–water partition coefficient (Wildman–Crippen LogP) is 5.51. The van der Waals surface area contributed by atoms with Gasteiger partial charge >= 0.3 is 0 Å². The molecule has 1 atom stereocenters. The van der Waals surface area contributed by atoms with E-state index >= 15 is 0 Å². The molecule has 1 heterocycles. The molecular formula is C21H19BrN2O3S. The SMILES string of the molecule is CC(=O)NC(CC(=O)Nc1ccc(Oc2ccc(Br)cc2)cc1)c1cccs1. The molecule has 28 heavy (non-hydrogen) atoms. The van der Waals surface area contributed by atoms with Crippen LogP contribution in [-0.2, 0) is 9.59 Å². The van der Waals surface area contributed by atoms with Crippen LogP contribution in [0.5, 0.6) is 11.5 Å². The van der Waals surface area contributed by atoms with E-state index in [1.165, 1.54) is 18.3 Å². The van der Waals surface area contributed by atoms with E-state index in [1.807, 2.05) is 41.8 Å². The van der Waals surface area contributed by atoms with Gasteiger partial charge in [-0.05, 0) is 60.0 Å². The average molecular weight is 459 g/mol. The number of carbonyl (C=O) groups is 2. The second-order valence-electron chi connectivity index (χ2n) is 6.10. The van der Waals surface area contributed by atoms with E-state index in [9.17, 15) is 9.59 Å². The van der Waals surface area contributed by atoms with Crippen molar-refractivity contribution in [2.24, 2.45) is 0 Å². The summed E-state index contributed by atoms with van der Waals surface area (Å²) in [6.45, 7) is 1.45. The van der Waals surface area contributed by atoms with Gasteiger partial charge in [0.2, 0.25) is 11.8 Å². The number of anilines is 1. The lowest BCUT2D eigenvalue weighted by Crippen LogP contribution is -2.29. The minimum Gasteiger partial charge on any atom is -0.457 e. The number of benzene rings is 2. The minimum atomic E-state index is -0.336. The Morgan fingerprint density at radius 3 is 2.25 bits per heavy atom. The zero-order valence-electron chi connectivity index (χ0n) is 15.1. The molecule has 2 amide bonds. The lowest BCUT2D eigenvalue weighted by atomic mass is 10.1. The molecule has 1 unspecified atom stereocenters. The third-order valence-corrected chi connectivity index (χ3v) is 5.36. The van der Waals surface area contributed by atoms with Crippen molar-refractivity contribution in [3.63, 3.8) is 0 Å². The molecule has 0 fully saturated rings. The van der Waals surface area contributed by atoms with Crippen molar-refractivity contribution in [3.8, 4) is 11.5 Å². The van der Waals surface area contributed by atoms with E-state index in [2.05, 4.69) is 26.6 Å². The maximum absolute atomic E-state index is 12.4. The number of carbonyl (C=O) groups excluding carboxylic acids is 2. The Kier molecular flexibility index (Phi) is 6.84. The molecule has 0 aliphatic rings. The molecule has 0 spiro atoms. The monoisotopic (exact) mass is 458 g/mol. The van der Waals surface area contributed by atoms with Gasteiger partial charge in [0, 0.05) is 22.0 Å². The molecule has 0 bridgehead atoms. The summed E-state index contributed by atoms with van der Waals surface area (Å²) in [6.07, 6.45) is 0.164. The van der Waals surface area contributed by atoms with Gasteiger partial charge in [-0.2, -0.15) is 0 Å². The molecule has 0 aliphatic heterocycles. The van der Waals surface area contributed by atoms with Crippen molar-refractivity contribution in [2.45, 2.75) is 19.4 Å². The standard InChI is InChI=1S/C21H19BrN2O3S/c1-14(25)23-19(20-3-2-12-28-20)13-21(26)24-16-6-10-18(11-7-16)27-17-8-4-15(22)5-9-17/h2-12,19H,13H2,1H3,(H,23,25)(H,24,26). The van der Waals surface area contributed by atoms with E-state index in [1.54, 1.807) is 24.3 Å². The summed E-state index contributed by atoms with van der Waals surface area (Å²) in [5.41, 5.74) is 0.668. The number of ether oxygens (including phenoxy) is 1. The zero-order valence-corrected chi connectivity index (χ0v) is 17.5. The van der Waals surface area contributed by atoms with Crippen molar-refractivity contribution >= 4 is 44.8 Å². The van der Waals surface area contributed by atoms with Gasteiger partial charge in [-0.15, -0.1) is 11.3 Å². The largest absolute Gasteiger partial charge is 0.457 e. The third-order valence-electron chi connectivity index (χ3n) is 3.84. The first-order chi connectivity index (χ1) is 13.5. The van der Waals surface area contributed by atoms with Crippen LogP contribution in [0.25, 0.3) is 0 Å². The highest BCUT2D eigenvalue weighted by Gasteiger charge is 2.18. The number of amides is 2. The highest BCUT2D eigenvalue weighted by Crippen LogP contribution is 2.26. The summed E-state index contributed by atoms with van der Waals surface area (Å²) in [7, 11) is 0. The summed E-state index contributed by atoms with van der Waals surface area (Å²) >= 11 is 4.90. The lowest BCUT2D eigenvalue weighted by Gasteiger charge is -2.16. The van der Waals surface area contributed by atoms with Gasteiger partial charge < -0.3 is 15.4 Å². The van der Waals surface area contributed by atoms with Crippen LogP contribution in [0.15, 0.2) is 70.5 Å². The lowest BCUT2D eigenvalue weighted by molar-refractivity contribution is -0.120. The summed E-state index contributed by atoms with van der Waals surface area (Å²) in [5, 5.41) is 7.61. The molecule has 3 aromatic rings. The Hall–Kier alpha value is -2.64. The molecule has 0 saturated heterocycles. The zero-order chi connectivity index (χ0) is 19.9. The number of thiophene rings is 1. The fourth-order valence-electron chi connectivity index (χ4n) is 2.60. The van der Waals surface area contributed by atoms with Crippen LogP contribution in [0.2, 0.25) is 0 Å². The summed E-state index contributed by atoms with van der Waals surface area (Å²) in [5.74, 6) is 1.07. The van der Waals surface area contributed by atoms with Crippen LogP contribution in [0.3, 0.4) is 0 Å². The highest BCUT2D eigenvalue weighted by molar-refractivity contribution is 9.10. The van der Waals surface area contributed by atoms with Crippen LogP contribution in [0.1, 0.15) is 24.3 Å². The Bertz CT molecular complexity index is 925. The van der Waals surface area contributed by atoms with Crippen molar-refractivity contribution in [3.05, 3.63) is 75.4 Å². The number of hydrogen-bond acceptors (Lipinski definition) is 4. The quantitative estimate of drug-likeness (QED) is 0.490. The van der Waals surface area contributed by atoms with Gasteiger partial charge in [0.15, 0.2) is 0 Å². The van der Waals surface area contributed by atoms with Crippen molar-refractivity contribution in [2.75, 3.05) is 5.32 Å². The Balaban J connectivity index is 1.58. The predicted molar refractivity (Wildman–Crippen MR) is 115 cm³/mol.